The van der Waals surface area contributed by atoms with E-state index in [1.165, 1.54) is 18.2 Å². The summed E-state index contributed by atoms with van der Waals surface area (Å²) in [4.78, 5) is 10.1. The zero-order valence-corrected chi connectivity index (χ0v) is 12.7. The van der Waals surface area contributed by atoms with Gasteiger partial charge in [0.15, 0.2) is 0 Å². The van der Waals surface area contributed by atoms with Crippen molar-refractivity contribution >= 4 is 21.4 Å². The van der Waals surface area contributed by atoms with Crippen molar-refractivity contribution in [2.45, 2.75) is 35.5 Å². The molecule has 0 spiro atoms. The van der Waals surface area contributed by atoms with Crippen LogP contribution in [0.2, 0.25) is 0 Å². The van der Waals surface area contributed by atoms with Gasteiger partial charge in [-0.3, -0.25) is 4.79 Å². The average Bonchev–Trinajstić information content (AvgIpc) is 2.93. The van der Waals surface area contributed by atoms with Gasteiger partial charge in [-0.2, -0.15) is 13.2 Å². The van der Waals surface area contributed by atoms with Crippen LogP contribution in [0.15, 0.2) is 29.2 Å². The van der Waals surface area contributed by atoms with Gasteiger partial charge in [0.2, 0.25) is 5.91 Å². The number of rotatable bonds is 5. The van der Waals surface area contributed by atoms with Crippen LogP contribution in [0.5, 0.6) is 0 Å². The molecule has 1 aliphatic heterocycles. The first kappa shape index (κ1) is 17.5. The summed E-state index contributed by atoms with van der Waals surface area (Å²) in [5, 5.41) is 2.64. The van der Waals surface area contributed by atoms with Gasteiger partial charge in [-0.1, -0.05) is 12.1 Å². The average molecular weight is 352 g/mol. The SMILES string of the molecule is NC(=O)C1CCC(CNc2ccccc2S(=O)(=O)C(F)(F)F)O1. The second-order valence-electron chi connectivity index (χ2n) is 5.05. The highest BCUT2D eigenvalue weighted by atomic mass is 32.2. The maximum Gasteiger partial charge on any atom is 0.501 e. The largest absolute Gasteiger partial charge is 0.501 e. The Morgan fingerprint density at radius 3 is 2.52 bits per heavy atom. The highest BCUT2D eigenvalue weighted by molar-refractivity contribution is 7.92. The molecule has 1 fully saturated rings. The van der Waals surface area contributed by atoms with Crippen LogP contribution in [-0.2, 0) is 19.4 Å². The number of hydrogen-bond acceptors (Lipinski definition) is 5. The molecule has 3 N–H and O–H groups in total. The van der Waals surface area contributed by atoms with E-state index in [1.807, 2.05) is 0 Å². The Morgan fingerprint density at radius 1 is 1.30 bits per heavy atom. The van der Waals surface area contributed by atoms with E-state index in [9.17, 15) is 26.4 Å². The van der Waals surface area contributed by atoms with E-state index in [2.05, 4.69) is 5.32 Å². The molecule has 0 aliphatic carbocycles. The lowest BCUT2D eigenvalue weighted by Crippen LogP contribution is -2.30. The Kier molecular flexibility index (Phi) is 4.85. The molecule has 0 saturated carbocycles. The van der Waals surface area contributed by atoms with Crippen LogP contribution in [0.4, 0.5) is 18.9 Å². The van der Waals surface area contributed by atoms with Crippen LogP contribution in [-0.4, -0.2) is 38.6 Å². The maximum absolute atomic E-state index is 12.7. The normalized spacial score (nSPS) is 22.0. The number of nitrogens with two attached hydrogens (primary N) is 1. The first-order chi connectivity index (χ1) is 10.6. The fourth-order valence-corrected chi connectivity index (χ4v) is 3.20. The first-order valence-electron chi connectivity index (χ1n) is 6.72. The minimum Gasteiger partial charge on any atom is -0.381 e. The van der Waals surface area contributed by atoms with Gasteiger partial charge in [0, 0.05) is 6.54 Å². The van der Waals surface area contributed by atoms with Gasteiger partial charge < -0.3 is 15.8 Å². The Balaban J connectivity index is 2.12. The summed E-state index contributed by atoms with van der Waals surface area (Å²) in [5.41, 5.74) is -0.446. The molecule has 1 aliphatic rings. The van der Waals surface area contributed by atoms with Gasteiger partial charge in [0.25, 0.3) is 9.84 Å². The van der Waals surface area contributed by atoms with Gasteiger partial charge in [0.05, 0.1) is 16.7 Å². The van der Waals surface area contributed by atoms with E-state index >= 15 is 0 Å². The molecule has 2 rings (SSSR count). The van der Waals surface area contributed by atoms with Gasteiger partial charge in [-0.05, 0) is 25.0 Å². The summed E-state index contributed by atoms with van der Waals surface area (Å²) < 4.78 is 66.5. The summed E-state index contributed by atoms with van der Waals surface area (Å²) in [6.07, 6.45) is -0.246. The molecule has 1 aromatic rings. The minimum atomic E-state index is -5.45. The van der Waals surface area contributed by atoms with E-state index in [0.717, 1.165) is 6.07 Å². The highest BCUT2D eigenvalue weighted by Crippen LogP contribution is 2.34. The van der Waals surface area contributed by atoms with Crippen LogP contribution in [0.1, 0.15) is 12.8 Å². The van der Waals surface area contributed by atoms with Crippen molar-refractivity contribution in [1.29, 1.82) is 0 Å². The number of para-hydroxylation sites is 1. The summed E-state index contributed by atoms with van der Waals surface area (Å²) in [6, 6.07) is 4.74. The number of sulfone groups is 1. The molecule has 0 aromatic heterocycles. The Bertz CT molecular complexity index is 691. The van der Waals surface area contributed by atoms with E-state index < -0.39 is 38.4 Å². The number of hydrogen-bond donors (Lipinski definition) is 2. The number of benzene rings is 1. The van der Waals surface area contributed by atoms with Crippen molar-refractivity contribution in [3.05, 3.63) is 24.3 Å². The molecule has 1 heterocycles. The molecule has 10 heteroatoms. The molecule has 1 aromatic carbocycles. The lowest BCUT2D eigenvalue weighted by atomic mass is 10.2. The van der Waals surface area contributed by atoms with Crippen LogP contribution in [0.3, 0.4) is 0 Å². The first-order valence-corrected chi connectivity index (χ1v) is 8.20. The Hall–Kier alpha value is -1.81. The third kappa shape index (κ3) is 3.75. The van der Waals surface area contributed by atoms with Crippen LogP contribution >= 0.6 is 0 Å². The second kappa shape index (κ2) is 6.36. The number of alkyl halides is 3. The van der Waals surface area contributed by atoms with Crippen molar-refractivity contribution in [1.82, 2.24) is 0 Å². The molecule has 1 amide bonds. The summed E-state index contributed by atoms with van der Waals surface area (Å²) in [6.45, 7) is 0.0637. The van der Waals surface area contributed by atoms with Gasteiger partial charge in [-0.15, -0.1) is 0 Å². The number of carbonyl (C=O) groups is 1. The molecule has 6 nitrogen and oxygen atoms in total. The molecule has 0 bridgehead atoms. The van der Waals surface area contributed by atoms with Crippen molar-refractivity contribution in [3.8, 4) is 0 Å². The number of nitrogens with one attached hydrogen (secondary N) is 1. The van der Waals surface area contributed by atoms with Crippen molar-refractivity contribution < 1.29 is 31.1 Å². The lowest BCUT2D eigenvalue weighted by molar-refractivity contribution is -0.128. The number of amides is 1. The second-order valence-corrected chi connectivity index (χ2v) is 6.96. The Labute approximate surface area is 130 Å². The van der Waals surface area contributed by atoms with E-state index in [4.69, 9.17) is 10.5 Å². The van der Waals surface area contributed by atoms with Crippen LogP contribution < -0.4 is 11.1 Å². The quantitative estimate of drug-likeness (QED) is 0.835. The summed E-state index contributed by atoms with van der Waals surface area (Å²) in [5.74, 6) is -0.604. The monoisotopic (exact) mass is 352 g/mol. The number of carbonyl (C=O) groups excluding carboxylic acids is 1. The standard InChI is InChI=1S/C13H15F3N2O4S/c14-13(15,16)23(20,21)11-4-2-1-3-9(11)18-7-8-5-6-10(22-8)12(17)19/h1-4,8,10,18H,5-7H2,(H2,17,19). The lowest BCUT2D eigenvalue weighted by Gasteiger charge is -2.17. The molecular formula is C13H15F3N2O4S. The third-order valence-corrected chi connectivity index (χ3v) is 4.97. The summed E-state index contributed by atoms with van der Waals surface area (Å²) >= 11 is 0. The zero-order chi connectivity index (χ0) is 17.3. The van der Waals surface area contributed by atoms with Gasteiger partial charge in [0.1, 0.15) is 6.10 Å². The van der Waals surface area contributed by atoms with E-state index in [-0.39, 0.29) is 12.2 Å². The minimum absolute atomic E-state index is 0.0637. The fourth-order valence-electron chi connectivity index (χ4n) is 2.26. The number of primary amides is 1. The smallest absolute Gasteiger partial charge is 0.381 e. The van der Waals surface area contributed by atoms with Crippen molar-refractivity contribution in [2.75, 3.05) is 11.9 Å². The molecule has 128 valence electrons. The fraction of sp³-hybridized carbons (Fsp3) is 0.462. The molecule has 0 radical (unpaired) electrons. The highest BCUT2D eigenvalue weighted by Gasteiger charge is 2.48. The molecule has 2 unspecified atom stereocenters. The predicted octanol–water partition coefficient (Wildman–Crippen LogP) is 1.42. The van der Waals surface area contributed by atoms with Crippen molar-refractivity contribution in [2.24, 2.45) is 5.73 Å². The molecule has 23 heavy (non-hydrogen) atoms. The van der Waals surface area contributed by atoms with E-state index in [0.29, 0.717) is 12.8 Å². The molecule has 1 saturated heterocycles. The zero-order valence-electron chi connectivity index (χ0n) is 11.8. The van der Waals surface area contributed by atoms with E-state index in [1.54, 1.807) is 0 Å². The molecule has 2 atom stereocenters. The Morgan fingerprint density at radius 2 is 1.96 bits per heavy atom. The summed E-state index contributed by atoms with van der Waals surface area (Å²) in [7, 11) is -5.45. The van der Waals surface area contributed by atoms with Gasteiger partial charge in [-0.25, -0.2) is 8.42 Å². The predicted molar refractivity (Wildman–Crippen MR) is 75.3 cm³/mol. The number of ether oxygens (including phenoxy) is 1. The van der Waals surface area contributed by atoms with Gasteiger partial charge >= 0.3 is 5.51 Å². The number of halogens is 3. The third-order valence-electron chi connectivity index (χ3n) is 3.43. The van der Waals surface area contributed by atoms with Crippen LogP contribution in [0, 0.1) is 0 Å². The number of anilines is 1. The van der Waals surface area contributed by atoms with Crippen molar-refractivity contribution in [3.63, 3.8) is 0 Å². The topological polar surface area (TPSA) is 98.5 Å². The molecular weight excluding hydrogens is 337 g/mol. The van der Waals surface area contributed by atoms with Crippen LogP contribution in [0.25, 0.3) is 0 Å². The maximum atomic E-state index is 12.7.